The van der Waals surface area contributed by atoms with Gasteiger partial charge in [-0.3, -0.25) is 0 Å². The highest BCUT2D eigenvalue weighted by atomic mass is 19.4. The number of alkyl halides is 3. The number of aromatic nitrogens is 2. The molecule has 3 rings (SSSR count). The van der Waals surface area contributed by atoms with Crippen LogP contribution in [0.1, 0.15) is 15.9 Å². The van der Waals surface area contributed by atoms with Crippen molar-refractivity contribution in [1.82, 2.24) is 9.97 Å². The number of aromatic carboxylic acids is 1. The Bertz CT molecular complexity index is 959. The van der Waals surface area contributed by atoms with E-state index in [1.807, 2.05) is 0 Å². The van der Waals surface area contributed by atoms with Crippen molar-refractivity contribution in [2.75, 3.05) is 10.6 Å². The SMILES string of the molecule is O=C(O)c1ccc(Nc2cc(Nc3ccccc3C(F)(F)F)ncn2)cc1. The van der Waals surface area contributed by atoms with Crippen LogP contribution in [0, 0.1) is 0 Å². The summed E-state index contributed by atoms with van der Waals surface area (Å²) in [5.74, 6) is -0.537. The molecule has 138 valence electrons. The Balaban J connectivity index is 1.79. The van der Waals surface area contributed by atoms with E-state index in [0.29, 0.717) is 11.5 Å². The lowest BCUT2D eigenvalue weighted by atomic mass is 10.1. The molecular weight excluding hydrogens is 361 g/mol. The van der Waals surface area contributed by atoms with E-state index in [0.717, 1.165) is 6.07 Å². The first-order valence-corrected chi connectivity index (χ1v) is 7.68. The third-order valence-electron chi connectivity index (χ3n) is 3.57. The molecule has 0 aliphatic rings. The topological polar surface area (TPSA) is 87.1 Å². The highest BCUT2D eigenvalue weighted by molar-refractivity contribution is 5.88. The van der Waals surface area contributed by atoms with Gasteiger partial charge in [-0.1, -0.05) is 12.1 Å². The van der Waals surface area contributed by atoms with Gasteiger partial charge in [0, 0.05) is 11.8 Å². The molecule has 0 unspecified atom stereocenters. The van der Waals surface area contributed by atoms with Gasteiger partial charge in [0.1, 0.15) is 18.0 Å². The van der Waals surface area contributed by atoms with E-state index in [1.165, 1.54) is 42.7 Å². The molecule has 0 atom stereocenters. The molecule has 0 fully saturated rings. The number of halogens is 3. The number of hydrogen-bond acceptors (Lipinski definition) is 5. The monoisotopic (exact) mass is 374 g/mol. The summed E-state index contributed by atoms with van der Waals surface area (Å²) in [5.41, 5.74) is -0.225. The number of nitrogens with zero attached hydrogens (tertiary/aromatic N) is 2. The van der Waals surface area contributed by atoms with E-state index < -0.39 is 17.7 Å². The molecule has 0 aliphatic heterocycles. The van der Waals surface area contributed by atoms with Gasteiger partial charge in [-0.15, -0.1) is 0 Å². The second-order valence-corrected chi connectivity index (χ2v) is 5.46. The Labute approximate surface area is 151 Å². The summed E-state index contributed by atoms with van der Waals surface area (Å²) < 4.78 is 39.2. The highest BCUT2D eigenvalue weighted by Gasteiger charge is 2.33. The zero-order valence-corrected chi connectivity index (χ0v) is 13.7. The normalized spacial score (nSPS) is 11.1. The molecule has 3 N–H and O–H groups in total. The van der Waals surface area contributed by atoms with E-state index in [2.05, 4.69) is 20.6 Å². The molecule has 1 heterocycles. The molecule has 0 aliphatic carbocycles. The number of carboxylic acids is 1. The van der Waals surface area contributed by atoms with Crippen LogP contribution in [-0.4, -0.2) is 21.0 Å². The summed E-state index contributed by atoms with van der Waals surface area (Å²) >= 11 is 0. The van der Waals surface area contributed by atoms with Gasteiger partial charge in [0.15, 0.2) is 0 Å². The third kappa shape index (κ3) is 4.51. The third-order valence-corrected chi connectivity index (χ3v) is 3.57. The fourth-order valence-corrected chi connectivity index (χ4v) is 2.32. The second-order valence-electron chi connectivity index (χ2n) is 5.46. The molecule has 2 aromatic carbocycles. The first kappa shape index (κ1) is 18.2. The molecular formula is C18H13F3N4O2. The quantitative estimate of drug-likeness (QED) is 0.601. The molecule has 0 amide bonds. The minimum Gasteiger partial charge on any atom is -0.478 e. The second kappa shape index (κ2) is 7.32. The summed E-state index contributed by atoms with van der Waals surface area (Å²) in [7, 11) is 0. The lowest BCUT2D eigenvalue weighted by molar-refractivity contribution is -0.136. The molecule has 6 nitrogen and oxygen atoms in total. The minimum absolute atomic E-state index is 0.125. The van der Waals surface area contributed by atoms with Crippen molar-refractivity contribution in [1.29, 1.82) is 0 Å². The zero-order valence-electron chi connectivity index (χ0n) is 13.7. The van der Waals surface area contributed by atoms with Crippen molar-refractivity contribution in [3.63, 3.8) is 0 Å². The molecule has 0 saturated carbocycles. The maximum atomic E-state index is 13.1. The summed E-state index contributed by atoms with van der Waals surface area (Å²) in [4.78, 5) is 18.8. The molecule has 0 saturated heterocycles. The fraction of sp³-hybridized carbons (Fsp3) is 0.0556. The number of anilines is 4. The number of rotatable bonds is 5. The van der Waals surface area contributed by atoms with Gasteiger partial charge >= 0.3 is 12.1 Å². The fourth-order valence-electron chi connectivity index (χ4n) is 2.32. The zero-order chi connectivity index (χ0) is 19.4. The van der Waals surface area contributed by atoms with Crippen LogP contribution in [0.3, 0.4) is 0 Å². The summed E-state index contributed by atoms with van der Waals surface area (Å²) in [6, 6.07) is 12.5. The maximum absolute atomic E-state index is 13.1. The van der Waals surface area contributed by atoms with E-state index in [1.54, 1.807) is 12.1 Å². The average Bonchev–Trinajstić information content (AvgIpc) is 2.62. The minimum atomic E-state index is -4.50. The van der Waals surface area contributed by atoms with Crippen LogP contribution in [0.5, 0.6) is 0 Å². The Kier molecular flexibility index (Phi) is 4.93. The standard InChI is InChI=1S/C18H13F3N4O2/c19-18(20,21)13-3-1-2-4-14(13)25-16-9-15(22-10-23-16)24-12-7-5-11(6-8-12)17(26)27/h1-10H,(H,26,27)(H2,22,23,24,25). The molecule has 0 radical (unpaired) electrons. The van der Waals surface area contributed by atoms with Crippen LogP contribution < -0.4 is 10.6 Å². The van der Waals surface area contributed by atoms with Gasteiger partial charge < -0.3 is 15.7 Å². The van der Waals surface area contributed by atoms with Crippen LogP contribution in [0.4, 0.5) is 36.2 Å². The molecule has 27 heavy (non-hydrogen) atoms. The van der Waals surface area contributed by atoms with Gasteiger partial charge in [0.2, 0.25) is 0 Å². The van der Waals surface area contributed by atoms with Crippen molar-refractivity contribution in [3.8, 4) is 0 Å². The summed E-state index contributed by atoms with van der Waals surface area (Å²) in [5, 5.41) is 14.5. The number of nitrogens with one attached hydrogen (secondary N) is 2. The number of benzene rings is 2. The largest absolute Gasteiger partial charge is 0.478 e. The maximum Gasteiger partial charge on any atom is 0.418 e. The molecule has 3 aromatic rings. The predicted octanol–water partition coefficient (Wildman–Crippen LogP) is 4.68. The first-order chi connectivity index (χ1) is 12.8. The summed E-state index contributed by atoms with van der Waals surface area (Å²) in [6.07, 6.45) is -3.30. The first-order valence-electron chi connectivity index (χ1n) is 7.68. The van der Waals surface area contributed by atoms with E-state index in [4.69, 9.17) is 5.11 Å². The van der Waals surface area contributed by atoms with Gasteiger partial charge in [-0.05, 0) is 36.4 Å². The van der Waals surface area contributed by atoms with Crippen LogP contribution in [0.15, 0.2) is 60.9 Å². The van der Waals surface area contributed by atoms with Crippen LogP contribution in [0.2, 0.25) is 0 Å². The van der Waals surface area contributed by atoms with Crippen LogP contribution >= 0.6 is 0 Å². The van der Waals surface area contributed by atoms with Gasteiger partial charge in [0.25, 0.3) is 0 Å². The number of carbonyl (C=O) groups is 1. The Morgan fingerprint density at radius 3 is 2.19 bits per heavy atom. The van der Waals surface area contributed by atoms with Crippen LogP contribution in [-0.2, 0) is 6.18 Å². The van der Waals surface area contributed by atoms with Crippen molar-refractivity contribution < 1.29 is 23.1 Å². The van der Waals surface area contributed by atoms with Crippen molar-refractivity contribution in [2.24, 2.45) is 0 Å². The van der Waals surface area contributed by atoms with Gasteiger partial charge in [-0.25, -0.2) is 14.8 Å². The molecule has 0 spiro atoms. The Morgan fingerprint density at radius 2 is 1.56 bits per heavy atom. The number of hydrogen-bond donors (Lipinski definition) is 3. The number of carboxylic acid groups (broad SMARTS) is 1. The Hall–Kier alpha value is -3.62. The average molecular weight is 374 g/mol. The van der Waals surface area contributed by atoms with Crippen molar-refractivity contribution in [3.05, 3.63) is 72.1 Å². The molecule has 0 bridgehead atoms. The number of para-hydroxylation sites is 1. The molecule has 1 aromatic heterocycles. The van der Waals surface area contributed by atoms with Gasteiger partial charge in [0.05, 0.1) is 16.8 Å². The van der Waals surface area contributed by atoms with Crippen molar-refractivity contribution >= 4 is 29.0 Å². The van der Waals surface area contributed by atoms with Gasteiger partial charge in [-0.2, -0.15) is 13.2 Å². The lowest BCUT2D eigenvalue weighted by Gasteiger charge is -2.14. The van der Waals surface area contributed by atoms with E-state index in [-0.39, 0.29) is 17.1 Å². The predicted molar refractivity (Wildman–Crippen MR) is 93.4 cm³/mol. The summed E-state index contributed by atoms with van der Waals surface area (Å²) in [6.45, 7) is 0. The molecule has 9 heteroatoms. The van der Waals surface area contributed by atoms with Crippen molar-refractivity contribution in [2.45, 2.75) is 6.18 Å². The highest BCUT2D eigenvalue weighted by Crippen LogP contribution is 2.35. The van der Waals surface area contributed by atoms with E-state index in [9.17, 15) is 18.0 Å². The smallest absolute Gasteiger partial charge is 0.418 e. The Morgan fingerprint density at radius 1 is 0.926 bits per heavy atom. The van der Waals surface area contributed by atoms with Crippen LogP contribution in [0.25, 0.3) is 0 Å². The lowest BCUT2D eigenvalue weighted by Crippen LogP contribution is -2.09. The van der Waals surface area contributed by atoms with E-state index >= 15 is 0 Å².